The highest BCUT2D eigenvalue weighted by Crippen LogP contribution is 2.25. The molecule has 2 aliphatic rings. The second kappa shape index (κ2) is 8.57. The first-order valence-corrected chi connectivity index (χ1v) is 9.49. The van der Waals surface area contributed by atoms with Crippen LogP contribution in [-0.2, 0) is 0 Å². The number of amides is 2. The summed E-state index contributed by atoms with van der Waals surface area (Å²) in [6, 6.07) is 0.0266. The number of hydrogen-bond acceptors (Lipinski definition) is 6. The fourth-order valence-electron chi connectivity index (χ4n) is 3.08. The number of aromatic nitrogens is 2. The lowest BCUT2D eigenvalue weighted by Gasteiger charge is -2.29. The Morgan fingerprint density at radius 2 is 2.08 bits per heavy atom. The quantitative estimate of drug-likeness (QED) is 0.664. The van der Waals surface area contributed by atoms with E-state index in [0.29, 0.717) is 22.7 Å². The van der Waals surface area contributed by atoms with Crippen molar-refractivity contribution in [3.8, 4) is 0 Å². The Bertz CT molecular complexity index is 532. The van der Waals surface area contributed by atoms with Gasteiger partial charge in [0.1, 0.15) is 6.67 Å². The van der Waals surface area contributed by atoms with E-state index in [2.05, 4.69) is 26.1 Å². The third-order valence-corrected chi connectivity index (χ3v) is 5.52. The van der Waals surface area contributed by atoms with Crippen LogP contribution in [0.25, 0.3) is 0 Å². The summed E-state index contributed by atoms with van der Waals surface area (Å²) in [5.41, 5.74) is 0. The zero-order chi connectivity index (χ0) is 16.8. The molecular formula is C15H25FN6OS. The molecule has 3 rings (SSSR count). The number of carbonyl (C=O) groups excluding carboxylic acids is 1. The molecule has 1 aliphatic heterocycles. The second-order valence-electron chi connectivity index (χ2n) is 6.46. The minimum atomic E-state index is -0.423. The van der Waals surface area contributed by atoms with Crippen LogP contribution in [0.4, 0.5) is 19.4 Å². The Morgan fingerprint density at radius 1 is 1.29 bits per heavy atom. The van der Waals surface area contributed by atoms with E-state index < -0.39 is 6.67 Å². The van der Waals surface area contributed by atoms with Crippen molar-refractivity contribution in [1.29, 1.82) is 0 Å². The molecule has 9 heteroatoms. The van der Waals surface area contributed by atoms with Crippen molar-refractivity contribution in [2.75, 3.05) is 43.1 Å². The van der Waals surface area contributed by atoms with Gasteiger partial charge in [0, 0.05) is 19.1 Å². The molecule has 2 amide bonds. The summed E-state index contributed by atoms with van der Waals surface area (Å²) in [6.45, 7) is 2.72. The Morgan fingerprint density at radius 3 is 2.75 bits per heavy atom. The molecule has 3 N–H and O–H groups in total. The molecule has 0 bridgehead atoms. The smallest absolute Gasteiger partial charge is 0.321 e. The highest BCUT2D eigenvalue weighted by molar-refractivity contribution is 7.19. The average Bonchev–Trinajstić information content (AvgIpc) is 3.16. The number of halogens is 1. The third-order valence-electron chi connectivity index (χ3n) is 4.62. The SMILES string of the molecule is O=C(Nc1nnc(N(CCF)CCC2CNC2)s1)NC1CCCC1. The fourth-order valence-corrected chi connectivity index (χ4v) is 3.87. The molecule has 0 atom stereocenters. The molecule has 2 heterocycles. The van der Waals surface area contributed by atoms with Crippen molar-refractivity contribution < 1.29 is 9.18 Å². The third kappa shape index (κ3) is 4.76. The molecule has 0 radical (unpaired) electrons. The van der Waals surface area contributed by atoms with Crippen LogP contribution in [0, 0.1) is 5.92 Å². The van der Waals surface area contributed by atoms with Gasteiger partial charge in [0.05, 0.1) is 0 Å². The standard InChI is InChI=1S/C15H25FN6OS/c16-6-8-22(7-5-11-9-17-10-11)15-21-20-14(24-15)19-13(23)18-12-3-1-2-4-12/h11-12,17H,1-10H2,(H2,18,19,20,23). The molecule has 2 fully saturated rings. The van der Waals surface area contributed by atoms with Crippen molar-refractivity contribution in [2.45, 2.75) is 38.1 Å². The maximum absolute atomic E-state index is 12.8. The minimum absolute atomic E-state index is 0.234. The minimum Gasteiger partial charge on any atom is -0.344 e. The van der Waals surface area contributed by atoms with E-state index in [9.17, 15) is 9.18 Å². The van der Waals surface area contributed by atoms with Gasteiger partial charge in [-0.3, -0.25) is 5.32 Å². The van der Waals surface area contributed by atoms with Crippen LogP contribution >= 0.6 is 11.3 Å². The van der Waals surface area contributed by atoms with Crippen LogP contribution in [0.15, 0.2) is 0 Å². The van der Waals surface area contributed by atoms with E-state index in [1.165, 1.54) is 24.2 Å². The summed E-state index contributed by atoms with van der Waals surface area (Å²) < 4.78 is 12.8. The Kier molecular flexibility index (Phi) is 6.19. The molecular weight excluding hydrogens is 331 g/mol. The molecule has 24 heavy (non-hydrogen) atoms. The predicted octanol–water partition coefficient (Wildman–Crippen LogP) is 1.99. The molecule has 0 unspecified atom stereocenters. The van der Waals surface area contributed by atoms with Crippen molar-refractivity contribution in [1.82, 2.24) is 20.8 Å². The largest absolute Gasteiger partial charge is 0.344 e. The highest BCUT2D eigenvalue weighted by atomic mass is 32.1. The first kappa shape index (κ1) is 17.3. The van der Waals surface area contributed by atoms with E-state index >= 15 is 0 Å². The lowest BCUT2D eigenvalue weighted by Crippen LogP contribution is -2.43. The molecule has 1 saturated heterocycles. The molecule has 134 valence electrons. The van der Waals surface area contributed by atoms with Gasteiger partial charge in [0.15, 0.2) is 0 Å². The van der Waals surface area contributed by atoms with Crippen molar-refractivity contribution in [2.24, 2.45) is 5.92 Å². The summed E-state index contributed by atoms with van der Waals surface area (Å²) in [6.07, 6.45) is 5.42. The van der Waals surface area contributed by atoms with Gasteiger partial charge in [-0.1, -0.05) is 24.2 Å². The first-order valence-electron chi connectivity index (χ1n) is 8.67. The molecule has 1 saturated carbocycles. The number of rotatable bonds is 8. The van der Waals surface area contributed by atoms with E-state index in [-0.39, 0.29) is 12.1 Å². The van der Waals surface area contributed by atoms with Gasteiger partial charge in [0.2, 0.25) is 10.3 Å². The van der Waals surface area contributed by atoms with Crippen molar-refractivity contribution in [3.05, 3.63) is 0 Å². The molecule has 0 aromatic carbocycles. The Labute approximate surface area is 145 Å². The zero-order valence-corrected chi connectivity index (χ0v) is 14.6. The van der Waals surface area contributed by atoms with E-state index in [1.807, 2.05) is 4.90 Å². The Hall–Kier alpha value is -1.48. The van der Waals surface area contributed by atoms with Crippen LogP contribution in [0.1, 0.15) is 32.1 Å². The second-order valence-corrected chi connectivity index (χ2v) is 7.41. The topological polar surface area (TPSA) is 82.2 Å². The molecule has 7 nitrogen and oxygen atoms in total. The van der Waals surface area contributed by atoms with E-state index in [1.54, 1.807) is 0 Å². The Balaban J connectivity index is 1.50. The molecule has 0 spiro atoms. The first-order chi connectivity index (χ1) is 11.7. The summed E-state index contributed by atoms with van der Waals surface area (Å²) in [5, 5.41) is 18.2. The molecule has 1 aliphatic carbocycles. The highest BCUT2D eigenvalue weighted by Gasteiger charge is 2.21. The number of urea groups is 1. The maximum atomic E-state index is 12.8. The van der Waals surface area contributed by atoms with Gasteiger partial charge >= 0.3 is 6.03 Å². The summed E-state index contributed by atoms with van der Waals surface area (Å²) in [7, 11) is 0. The zero-order valence-electron chi connectivity index (χ0n) is 13.8. The lowest BCUT2D eigenvalue weighted by atomic mass is 9.99. The number of nitrogens with zero attached hydrogens (tertiary/aromatic N) is 3. The fraction of sp³-hybridized carbons (Fsp3) is 0.800. The van der Waals surface area contributed by atoms with Gasteiger partial charge in [-0.15, -0.1) is 10.2 Å². The number of alkyl halides is 1. The molecule has 1 aromatic heterocycles. The normalized spacial score (nSPS) is 18.4. The van der Waals surface area contributed by atoms with E-state index in [0.717, 1.165) is 38.9 Å². The van der Waals surface area contributed by atoms with Crippen molar-refractivity contribution in [3.63, 3.8) is 0 Å². The predicted molar refractivity (Wildman–Crippen MR) is 93.5 cm³/mol. The average molecular weight is 356 g/mol. The molecule has 1 aromatic rings. The maximum Gasteiger partial charge on any atom is 0.321 e. The van der Waals surface area contributed by atoms with Crippen LogP contribution in [0.2, 0.25) is 0 Å². The van der Waals surface area contributed by atoms with Crippen molar-refractivity contribution >= 4 is 27.6 Å². The number of anilines is 2. The summed E-state index contributed by atoms with van der Waals surface area (Å²) in [4.78, 5) is 13.9. The van der Waals surface area contributed by atoms with Crippen LogP contribution in [-0.4, -0.2) is 55.1 Å². The van der Waals surface area contributed by atoms with Crippen LogP contribution in [0.3, 0.4) is 0 Å². The van der Waals surface area contributed by atoms with Gasteiger partial charge in [-0.2, -0.15) is 0 Å². The summed E-state index contributed by atoms with van der Waals surface area (Å²) in [5.74, 6) is 0.662. The van der Waals surface area contributed by atoms with Gasteiger partial charge < -0.3 is 15.5 Å². The number of hydrogen-bond donors (Lipinski definition) is 3. The number of nitrogens with one attached hydrogen (secondary N) is 3. The van der Waals surface area contributed by atoms with Gasteiger partial charge in [0.25, 0.3) is 0 Å². The van der Waals surface area contributed by atoms with Gasteiger partial charge in [-0.25, -0.2) is 9.18 Å². The van der Waals surface area contributed by atoms with Crippen LogP contribution in [0.5, 0.6) is 0 Å². The number of carbonyl (C=O) groups is 1. The lowest BCUT2D eigenvalue weighted by molar-refractivity contribution is 0.248. The van der Waals surface area contributed by atoms with Crippen LogP contribution < -0.4 is 20.9 Å². The summed E-state index contributed by atoms with van der Waals surface area (Å²) >= 11 is 1.29. The van der Waals surface area contributed by atoms with Gasteiger partial charge in [-0.05, 0) is 38.3 Å². The van der Waals surface area contributed by atoms with E-state index in [4.69, 9.17) is 0 Å². The monoisotopic (exact) mass is 356 g/mol.